The Bertz CT molecular complexity index is 1190. The molecule has 1 aliphatic rings. The van der Waals surface area contributed by atoms with E-state index in [2.05, 4.69) is 0 Å². The molecule has 0 spiro atoms. The molecule has 0 aliphatic heterocycles. The zero-order chi connectivity index (χ0) is 16.5. The highest BCUT2D eigenvalue weighted by Gasteiger charge is 2.28. The summed E-state index contributed by atoms with van der Waals surface area (Å²) in [6.45, 7) is 0. The Balaban J connectivity index is 2.49. The minimum atomic E-state index is -1.50. The van der Waals surface area contributed by atoms with Gasteiger partial charge in [0.25, 0.3) is 0 Å². The van der Waals surface area contributed by atoms with E-state index in [4.69, 9.17) is 8.83 Å². The Morgan fingerprint density at radius 3 is 2.48 bits per heavy atom. The smallest absolute Gasteiger partial charge is 0.347 e. The third-order valence-corrected chi connectivity index (χ3v) is 3.99. The van der Waals surface area contributed by atoms with Gasteiger partial charge < -0.3 is 24.2 Å². The SMILES string of the molecule is O=C(O)c1c(O)cc2oc(=O)c3c4c(c(=O)oc1c24)CCC=3O. The van der Waals surface area contributed by atoms with E-state index in [1.54, 1.807) is 0 Å². The highest BCUT2D eigenvalue weighted by Crippen LogP contribution is 2.34. The van der Waals surface area contributed by atoms with Crippen molar-refractivity contribution in [3.8, 4) is 5.75 Å². The summed E-state index contributed by atoms with van der Waals surface area (Å²) >= 11 is 0. The number of aliphatic hydroxyl groups is 1. The third kappa shape index (κ3) is 1.57. The lowest BCUT2D eigenvalue weighted by atomic mass is 9.94. The molecule has 1 aromatic carbocycles. The van der Waals surface area contributed by atoms with E-state index in [1.165, 1.54) is 0 Å². The fourth-order valence-electron chi connectivity index (χ4n) is 3.04. The third-order valence-electron chi connectivity index (χ3n) is 3.99. The summed E-state index contributed by atoms with van der Waals surface area (Å²) in [5.41, 5.74) is -2.63. The second kappa shape index (κ2) is 4.13. The molecule has 0 atom stereocenters. The summed E-state index contributed by atoms with van der Waals surface area (Å²) in [5, 5.41) is 29.1. The molecule has 116 valence electrons. The molecule has 0 saturated heterocycles. The number of carboxylic acids is 1. The Morgan fingerprint density at radius 2 is 1.78 bits per heavy atom. The lowest BCUT2D eigenvalue weighted by molar-refractivity contribution is 0.0694. The summed E-state index contributed by atoms with van der Waals surface area (Å²) in [7, 11) is 0. The number of rotatable bonds is 1. The first-order chi connectivity index (χ1) is 10.9. The summed E-state index contributed by atoms with van der Waals surface area (Å²) in [6.07, 6.45) is 0.228. The number of aromatic hydroxyl groups is 1. The lowest BCUT2D eigenvalue weighted by Crippen LogP contribution is -2.32. The Kier molecular flexibility index (Phi) is 2.40. The van der Waals surface area contributed by atoms with Crippen molar-refractivity contribution in [1.82, 2.24) is 0 Å². The average Bonchev–Trinajstić information content (AvgIpc) is 2.45. The van der Waals surface area contributed by atoms with Crippen molar-refractivity contribution in [3.63, 3.8) is 0 Å². The molecule has 3 N–H and O–H groups in total. The average molecular weight is 316 g/mol. The molecule has 23 heavy (non-hydrogen) atoms. The van der Waals surface area contributed by atoms with Gasteiger partial charge in [0.15, 0.2) is 5.58 Å². The highest BCUT2D eigenvalue weighted by molar-refractivity contribution is 6.15. The maximum atomic E-state index is 12.2. The number of aryl methyl sites for hydroxylation is 1. The molecule has 0 unspecified atom stereocenters. The maximum Gasteiger partial charge on any atom is 0.347 e. The Morgan fingerprint density at radius 1 is 1.04 bits per heavy atom. The van der Waals surface area contributed by atoms with Crippen LogP contribution in [0.1, 0.15) is 22.3 Å². The first-order valence-corrected chi connectivity index (χ1v) is 6.63. The maximum absolute atomic E-state index is 12.2. The fourth-order valence-corrected chi connectivity index (χ4v) is 3.04. The van der Waals surface area contributed by atoms with Crippen LogP contribution in [0, 0.1) is 0 Å². The summed E-state index contributed by atoms with van der Waals surface area (Å²) in [4.78, 5) is 35.6. The van der Waals surface area contributed by atoms with Crippen molar-refractivity contribution in [2.45, 2.75) is 12.8 Å². The van der Waals surface area contributed by atoms with Gasteiger partial charge >= 0.3 is 17.2 Å². The zero-order valence-corrected chi connectivity index (χ0v) is 11.4. The number of aromatic carboxylic acids is 1. The molecular formula is C15H8O8. The van der Waals surface area contributed by atoms with Crippen molar-refractivity contribution in [2.24, 2.45) is 0 Å². The van der Waals surface area contributed by atoms with Crippen LogP contribution in [0.2, 0.25) is 0 Å². The topological polar surface area (TPSA) is 138 Å². The molecule has 8 nitrogen and oxygen atoms in total. The number of benzene rings is 1. The van der Waals surface area contributed by atoms with Gasteiger partial charge in [-0.15, -0.1) is 0 Å². The van der Waals surface area contributed by atoms with E-state index >= 15 is 0 Å². The van der Waals surface area contributed by atoms with Crippen LogP contribution in [0.3, 0.4) is 0 Å². The van der Waals surface area contributed by atoms with Crippen molar-refractivity contribution in [1.29, 1.82) is 0 Å². The largest absolute Gasteiger partial charge is 0.511 e. The van der Waals surface area contributed by atoms with Gasteiger partial charge in [0.05, 0.1) is 5.39 Å². The minimum absolute atomic E-state index is 0.0763. The number of aliphatic hydroxyl groups excluding tert-OH is 1. The molecule has 3 aromatic rings. The van der Waals surface area contributed by atoms with Crippen LogP contribution in [-0.4, -0.2) is 21.3 Å². The van der Waals surface area contributed by atoms with Crippen LogP contribution >= 0.6 is 0 Å². The monoisotopic (exact) mass is 316 g/mol. The molecule has 0 amide bonds. The molecule has 2 heterocycles. The van der Waals surface area contributed by atoms with Crippen molar-refractivity contribution >= 4 is 33.7 Å². The quantitative estimate of drug-likeness (QED) is 0.556. The molecule has 8 heteroatoms. The number of hydrogen-bond acceptors (Lipinski definition) is 7. The van der Waals surface area contributed by atoms with Crippen LogP contribution < -0.4 is 16.5 Å². The molecular weight excluding hydrogens is 308 g/mol. The van der Waals surface area contributed by atoms with Gasteiger partial charge in [0.1, 0.15) is 27.9 Å². The van der Waals surface area contributed by atoms with E-state index in [0.717, 1.165) is 6.07 Å². The number of carboxylic acid groups (broad SMARTS) is 1. The number of hydrogen-bond donors (Lipinski definition) is 3. The first kappa shape index (κ1) is 13.4. The molecule has 0 radical (unpaired) electrons. The molecule has 0 saturated carbocycles. The van der Waals surface area contributed by atoms with Crippen molar-refractivity contribution in [3.05, 3.63) is 43.3 Å². The molecule has 2 aromatic heterocycles. The number of carbonyl (C=O) groups is 1. The molecule has 0 fully saturated rings. The second-order valence-electron chi connectivity index (χ2n) is 5.23. The van der Waals surface area contributed by atoms with Crippen LogP contribution in [0.25, 0.3) is 27.7 Å². The van der Waals surface area contributed by atoms with E-state index in [1.807, 2.05) is 0 Å². The van der Waals surface area contributed by atoms with Gasteiger partial charge in [-0.25, -0.2) is 14.4 Å². The normalized spacial score (nSPS) is 13.8. The summed E-state index contributed by atoms with van der Waals surface area (Å²) < 4.78 is 10.1. The second-order valence-corrected chi connectivity index (χ2v) is 5.23. The van der Waals surface area contributed by atoms with Gasteiger partial charge in [0, 0.05) is 23.4 Å². The number of phenols is 1. The lowest BCUT2D eigenvalue weighted by Gasteiger charge is -2.14. The van der Waals surface area contributed by atoms with Gasteiger partial charge in [-0.3, -0.25) is 0 Å². The van der Waals surface area contributed by atoms with Gasteiger partial charge in [-0.05, 0) is 6.42 Å². The van der Waals surface area contributed by atoms with E-state index in [-0.39, 0.29) is 45.7 Å². The van der Waals surface area contributed by atoms with Gasteiger partial charge in [-0.2, -0.15) is 0 Å². The van der Waals surface area contributed by atoms with Crippen LogP contribution in [0.15, 0.2) is 24.5 Å². The van der Waals surface area contributed by atoms with Crippen molar-refractivity contribution in [2.75, 3.05) is 0 Å². The summed E-state index contributed by atoms with van der Waals surface area (Å²) in [5.74, 6) is -2.42. The van der Waals surface area contributed by atoms with E-state index in [9.17, 15) is 29.7 Å². The van der Waals surface area contributed by atoms with Crippen LogP contribution in [0.5, 0.6) is 5.75 Å². The zero-order valence-electron chi connectivity index (χ0n) is 11.4. The Labute approximate surface area is 125 Å². The summed E-state index contributed by atoms with van der Waals surface area (Å²) in [6, 6.07) is 0.979. The highest BCUT2D eigenvalue weighted by atomic mass is 16.4. The molecule has 0 bridgehead atoms. The predicted octanol–water partition coefficient (Wildman–Crippen LogP) is 0.634. The predicted molar refractivity (Wildman–Crippen MR) is 76.7 cm³/mol. The van der Waals surface area contributed by atoms with Crippen LogP contribution in [0.4, 0.5) is 0 Å². The van der Waals surface area contributed by atoms with Crippen LogP contribution in [-0.2, 0) is 6.42 Å². The van der Waals surface area contributed by atoms with Gasteiger partial charge in [-0.1, -0.05) is 0 Å². The minimum Gasteiger partial charge on any atom is -0.511 e. The standard InChI is InChI=1S/C15H8O8/c16-5-2-1-4-8-9(5)15(21)22-7-3-6(17)10(13(18)19)12(11(7)8)23-14(4)20/h3,16-17H,1-2H2,(H,18,19). The van der Waals surface area contributed by atoms with E-state index < -0.39 is 34.1 Å². The molecule has 1 aliphatic carbocycles. The van der Waals surface area contributed by atoms with E-state index in [0.29, 0.717) is 0 Å². The van der Waals surface area contributed by atoms with Crippen molar-refractivity contribution < 1.29 is 28.9 Å². The molecule has 4 rings (SSSR count). The fraction of sp³-hybridized carbons (Fsp3) is 0.133. The Hall–Kier alpha value is -3.29. The van der Waals surface area contributed by atoms with Gasteiger partial charge in [0.2, 0.25) is 0 Å². The first-order valence-electron chi connectivity index (χ1n) is 6.63.